The molecule has 0 fully saturated rings. The second-order valence-electron chi connectivity index (χ2n) is 4.03. The first-order valence-corrected chi connectivity index (χ1v) is 6.51. The zero-order valence-corrected chi connectivity index (χ0v) is 10.9. The molecule has 0 aliphatic rings. The van der Waals surface area contributed by atoms with Gasteiger partial charge in [-0.25, -0.2) is 0 Å². The molecule has 0 heterocycles. The molecule has 0 N–H and O–H groups in total. The Morgan fingerprint density at radius 3 is 1.87 bits per heavy atom. The predicted octanol–water partition coefficient (Wildman–Crippen LogP) is 3.79. The van der Waals surface area contributed by atoms with Crippen molar-refractivity contribution in [2.24, 2.45) is 0 Å². The Morgan fingerprint density at radius 1 is 0.800 bits per heavy atom. The third-order valence-corrected chi connectivity index (χ3v) is 2.74. The van der Waals surface area contributed by atoms with Gasteiger partial charge in [0.15, 0.2) is 0 Å². The molecule has 92 valence electrons. The van der Waals surface area contributed by atoms with Crippen molar-refractivity contribution in [3.8, 4) is 0 Å². The molecule has 2 nitrogen and oxygen atoms in total. The van der Waals surface area contributed by atoms with E-state index in [-0.39, 0.29) is 6.10 Å². The molecule has 0 aromatic carbocycles. The van der Waals surface area contributed by atoms with Gasteiger partial charge in [-0.15, -0.1) is 0 Å². The van der Waals surface area contributed by atoms with Gasteiger partial charge < -0.3 is 9.47 Å². The molecule has 2 heteroatoms. The second-order valence-corrected chi connectivity index (χ2v) is 4.03. The molecular weight excluding hydrogens is 188 g/mol. The van der Waals surface area contributed by atoms with Crippen molar-refractivity contribution < 1.29 is 9.47 Å². The largest absolute Gasteiger partial charge is 0.376 e. The third kappa shape index (κ3) is 7.80. The smallest absolute Gasteiger partial charge is 0.0806 e. The van der Waals surface area contributed by atoms with Gasteiger partial charge in [0.1, 0.15) is 0 Å². The van der Waals surface area contributed by atoms with Crippen LogP contribution in [0.2, 0.25) is 0 Å². The summed E-state index contributed by atoms with van der Waals surface area (Å²) < 4.78 is 11.5. The lowest BCUT2D eigenvalue weighted by atomic mass is 10.2. The van der Waals surface area contributed by atoms with Crippen molar-refractivity contribution in [3.63, 3.8) is 0 Å². The van der Waals surface area contributed by atoms with E-state index in [0.717, 1.165) is 38.9 Å². The van der Waals surface area contributed by atoms with E-state index in [0.29, 0.717) is 6.10 Å². The molecule has 0 aromatic rings. The lowest BCUT2D eigenvalue weighted by Gasteiger charge is -2.20. The molecular formula is C13H28O2. The molecule has 0 spiro atoms. The van der Waals surface area contributed by atoms with E-state index in [1.807, 2.05) is 0 Å². The third-order valence-electron chi connectivity index (χ3n) is 2.74. The Labute approximate surface area is 95.3 Å². The molecule has 0 rings (SSSR count). The Bertz CT molecular complexity index is 122. The van der Waals surface area contributed by atoms with Crippen LogP contribution in [0.4, 0.5) is 0 Å². The highest BCUT2D eigenvalue weighted by Crippen LogP contribution is 2.07. The highest BCUT2D eigenvalue weighted by molar-refractivity contribution is 4.57. The van der Waals surface area contributed by atoms with Gasteiger partial charge in [-0.1, -0.05) is 34.1 Å². The van der Waals surface area contributed by atoms with E-state index >= 15 is 0 Å². The second kappa shape index (κ2) is 10.4. The summed E-state index contributed by atoms with van der Waals surface area (Å²) in [5, 5.41) is 0. The fraction of sp³-hybridized carbons (Fsp3) is 1.00. The first-order valence-electron chi connectivity index (χ1n) is 6.51. The van der Waals surface area contributed by atoms with Crippen LogP contribution in [0.3, 0.4) is 0 Å². The first kappa shape index (κ1) is 14.9. The van der Waals surface area contributed by atoms with Gasteiger partial charge in [0.25, 0.3) is 0 Å². The molecule has 0 aliphatic heterocycles. The Hall–Kier alpha value is -0.0800. The number of hydrogen-bond donors (Lipinski definition) is 0. The van der Waals surface area contributed by atoms with Crippen molar-refractivity contribution in [2.45, 2.75) is 72.0 Å². The number of rotatable bonds is 10. The predicted molar refractivity (Wildman–Crippen MR) is 65.3 cm³/mol. The number of ether oxygens (including phenoxy) is 2. The summed E-state index contributed by atoms with van der Waals surface area (Å²) in [7, 11) is 0. The molecule has 0 amide bonds. The molecule has 1 unspecified atom stereocenters. The van der Waals surface area contributed by atoms with Crippen LogP contribution in [0.1, 0.15) is 59.8 Å². The molecule has 15 heavy (non-hydrogen) atoms. The van der Waals surface area contributed by atoms with Crippen LogP contribution in [0.5, 0.6) is 0 Å². The Morgan fingerprint density at radius 2 is 1.40 bits per heavy atom. The summed E-state index contributed by atoms with van der Waals surface area (Å²) in [5.41, 5.74) is 0. The van der Waals surface area contributed by atoms with Crippen molar-refractivity contribution in [3.05, 3.63) is 0 Å². The molecule has 1 atom stereocenters. The maximum Gasteiger partial charge on any atom is 0.0806 e. The van der Waals surface area contributed by atoms with E-state index < -0.39 is 0 Å². The van der Waals surface area contributed by atoms with Crippen molar-refractivity contribution in [1.82, 2.24) is 0 Å². The molecule has 0 saturated carbocycles. The van der Waals surface area contributed by atoms with Crippen molar-refractivity contribution in [2.75, 3.05) is 13.2 Å². The summed E-state index contributed by atoms with van der Waals surface area (Å²) in [6.45, 7) is 10.3. The molecule has 0 aliphatic carbocycles. The zero-order chi connectivity index (χ0) is 11.5. The standard InChI is InChI=1S/C13H28O2/c1-5-9-10-14-13(8-4)11-15-12(6-2)7-3/h12-13H,5-11H2,1-4H3. The topological polar surface area (TPSA) is 18.5 Å². The monoisotopic (exact) mass is 216 g/mol. The normalized spacial score (nSPS) is 13.4. The van der Waals surface area contributed by atoms with E-state index in [9.17, 15) is 0 Å². The quantitative estimate of drug-likeness (QED) is 0.517. The maximum atomic E-state index is 5.80. The summed E-state index contributed by atoms with van der Waals surface area (Å²) in [6.07, 6.45) is 6.30. The Balaban J connectivity index is 3.59. The fourth-order valence-electron chi connectivity index (χ4n) is 1.45. The van der Waals surface area contributed by atoms with Crippen LogP contribution in [0, 0.1) is 0 Å². The average Bonchev–Trinajstić information content (AvgIpc) is 2.28. The zero-order valence-electron chi connectivity index (χ0n) is 10.9. The van der Waals surface area contributed by atoms with Crippen LogP contribution >= 0.6 is 0 Å². The summed E-state index contributed by atoms with van der Waals surface area (Å²) in [6, 6.07) is 0. The highest BCUT2D eigenvalue weighted by atomic mass is 16.5. The van der Waals surface area contributed by atoms with E-state index in [1.54, 1.807) is 0 Å². The highest BCUT2D eigenvalue weighted by Gasteiger charge is 2.10. The number of unbranched alkanes of at least 4 members (excludes halogenated alkanes) is 1. The molecule has 0 aromatic heterocycles. The van der Waals surface area contributed by atoms with Gasteiger partial charge in [0.2, 0.25) is 0 Å². The fourth-order valence-corrected chi connectivity index (χ4v) is 1.45. The Kier molecular flexibility index (Phi) is 10.4. The molecule has 0 saturated heterocycles. The van der Waals surface area contributed by atoms with Crippen LogP contribution in [0.15, 0.2) is 0 Å². The van der Waals surface area contributed by atoms with Gasteiger partial charge in [-0.05, 0) is 25.7 Å². The lowest BCUT2D eigenvalue weighted by molar-refractivity contribution is -0.0477. The van der Waals surface area contributed by atoms with Crippen LogP contribution in [0.25, 0.3) is 0 Å². The van der Waals surface area contributed by atoms with E-state index in [4.69, 9.17) is 9.47 Å². The van der Waals surface area contributed by atoms with Crippen LogP contribution in [-0.2, 0) is 9.47 Å². The van der Waals surface area contributed by atoms with Crippen molar-refractivity contribution in [1.29, 1.82) is 0 Å². The first-order chi connectivity index (χ1) is 7.28. The molecule has 0 bridgehead atoms. The van der Waals surface area contributed by atoms with Crippen LogP contribution in [-0.4, -0.2) is 25.4 Å². The summed E-state index contributed by atoms with van der Waals surface area (Å²) in [4.78, 5) is 0. The molecule has 0 radical (unpaired) electrons. The van der Waals surface area contributed by atoms with Gasteiger partial charge >= 0.3 is 0 Å². The van der Waals surface area contributed by atoms with Gasteiger partial charge in [-0.2, -0.15) is 0 Å². The van der Waals surface area contributed by atoms with Gasteiger partial charge in [-0.3, -0.25) is 0 Å². The minimum atomic E-state index is 0.289. The maximum absolute atomic E-state index is 5.80. The van der Waals surface area contributed by atoms with Crippen molar-refractivity contribution >= 4 is 0 Å². The van der Waals surface area contributed by atoms with Gasteiger partial charge in [0.05, 0.1) is 18.8 Å². The van der Waals surface area contributed by atoms with E-state index in [2.05, 4.69) is 27.7 Å². The average molecular weight is 216 g/mol. The van der Waals surface area contributed by atoms with E-state index in [1.165, 1.54) is 6.42 Å². The summed E-state index contributed by atoms with van der Waals surface area (Å²) in [5.74, 6) is 0. The minimum Gasteiger partial charge on any atom is -0.376 e. The SMILES string of the molecule is CCCCOC(CC)COC(CC)CC. The lowest BCUT2D eigenvalue weighted by Crippen LogP contribution is -2.23. The number of hydrogen-bond acceptors (Lipinski definition) is 2. The van der Waals surface area contributed by atoms with Crippen LogP contribution < -0.4 is 0 Å². The van der Waals surface area contributed by atoms with Gasteiger partial charge in [0, 0.05) is 6.61 Å². The summed E-state index contributed by atoms with van der Waals surface area (Å²) >= 11 is 0. The minimum absolute atomic E-state index is 0.289.